The first-order valence-corrected chi connectivity index (χ1v) is 9.17. The fraction of sp³-hybridized carbons (Fsp3) is 0.350. The molecule has 2 unspecified atom stereocenters. The van der Waals surface area contributed by atoms with Crippen LogP contribution in [-0.2, 0) is 4.79 Å². The summed E-state index contributed by atoms with van der Waals surface area (Å²) in [6, 6.07) is 16.0. The van der Waals surface area contributed by atoms with Gasteiger partial charge in [-0.25, -0.2) is 0 Å². The SMILES string of the molecule is Cc1ccccc1C(c1cccc(Br)c1)N1CCCCC1C(=O)O. The molecule has 2 atom stereocenters. The highest BCUT2D eigenvalue weighted by molar-refractivity contribution is 9.10. The molecule has 2 aromatic rings. The van der Waals surface area contributed by atoms with Crippen LogP contribution in [0.2, 0.25) is 0 Å². The lowest BCUT2D eigenvalue weighted by molar-refractivity contribution is -0.145. The maximum atomic E-state index is 11.8. The summed E-state index contributed by atoms with van der Waals surface area (Å²) in [4.78, 5) is 14.0. The highest BCUT2D eigenvalue weighted by atomic mass is 79.9. The zero-order valence-corrected chi connectivity index (χ0v) is 15.4. The van der Waals surface area contributed by atoms with Crippen molar-refractivity contribution in [1.82, 2.24) is 4.90 Å². The van der Waals surface area contributed by atoms with E-state index in [4.69, 9.17) is 0 Å². The van der Waals surface area contributed by atoms with Gasteiger partial charge >= 0.3 is 5.97 Å². The van der Waals surface area contributed by atoms with Crippen LogP contribution in [0.5, 0.6) is 0 Å². The Balaban J connectivity index is 2.11. The third-order valence-corrected chi connectivity index (χ3v) is 5.30. The molecule has 2 aromatic carbocycles. The van der Waals surface area contributed by atoms with Crippen LogP contribution in [0.1, 0.15) is 42.0 Å². The highest BCUT2D eigenvalue weighted by Gasteiger charge is 2.35. The number of aryl methyl sites for hydroxylation is 1. The third kappa shape index (κ3) is 3.55. The first-order valence-electron chi connectivity index (χ1n) is 8.37. The summed E-state index contributed by atoms with van der Waals surface area (Å²) in [7, 11) is 0. The van der Waals surface area contributed by atoms with Gasteiger partial charge < -0.3 is 5.11 Å². The first-order chi connectivity index (χ1) is 11.6. The number of halogens is 1. The Morgan fingerprint density at radius 1 is 1.21 bits per heavy atom. The van der Waals surface area contributed by atoms with E-state index < -0.39 is 12.0 Å². The average Bonchev–Trinajstić information content (AvgIpc) is 2.57. The van der Waals surface area contributed by atoms with Crippen LogP contribution in [0.4, 0.5) is 0 Å². The minimum absolute atomic E-state index is 0.0369. The van der Waals surface area contributed by atoms with Gasteiger partial charge in [-0.1, -0.05) is 58.7 Å². The normalized spacial score (nSPS) is 19.8. The monoisotopic (exact) mass is 387 g/mol. The van der Waals surface area contributed by atoms with Crippen LogP contribution in [0, 0.1) is 6.92 Å². The van der Waals surface area contributed by atoms with E-state index in [1.807, 2.05) is 24.3 Å². The standard InChI is InChI=1S/C20H22BrNO2/c1-14-7-2-3-10-17(14)19(15-8-6-9-16(21)13-15)22-12-5-4-11-18(22)20(23)24/h2-3,6-10,13,18-19H,4-5,11-12H2,1H3,(H,23,24). The average molecular weight is 388 g/mol. The smallest absolute Gasteiger partial charge is 0.320 e. The molecule has 3 rings (SSSR count). The van der Waals surface area contributed by atoms with Gasteiger partial charge in [0.15, 0.2) is 0 Å². The number of carboxylic acids is 1. The number of benzene rings is 2. The van der Waals surface area contributed by atoms with E-state index in [-0.39, 0.29) is 6.04 Å². The van der Waals surface area contributed by atoms with Crippen molar-refractivity contribution in [1.29, 1.82) is 0 Å². The second-order valence-corrected chi connectivity index (χ2v) is 7.32. The van der Waals surface area contributed by atoms with Crippen LogP contribution >= 0.6 is 15.9 Å². The molecule has 1 N–H and O–H groups in total. The van der Waals surface area contributed by atoms with Gasteiger partial charge in [0.05, 0.1) is 6.04 Å². The Hall–Kier alpha value is -1.65. The zero-order chi connectivity index (χ0) is 17.1. The molecule has 0 aliphatic carbocycles. The number of hydrogen-bond acceptors (Lipinski definition) is 2. The lowest BCUT2D eigenvalue weighted by Crippen LogP contribution is -2.47. The molecule has 4 heteroatoms. The molecule has 1 aliphatic rings. The number of rotatable bonds is 4. The number of nitrogens with zero attached hydrogens (tertiary/aromatic N) is 1. The third-order valence-electron chi connectivity index (χ3n) is 4.81. The molecule has 0 radical (unpaired) electrons. The maximum absolute atomic E-state index is 11.8. The molecular weight excluding hydrogens is 366 g/mol. The summed E-state index contributed by atoms with van der Waals surface area (Å²) >= 11 is 3.55. The van der Waals surface area contributed by atoms with Crippen molar-refractivity contribution in [3.05, 3.63) is 69.7 Å². The number of carboxylic acid groups (broad SMARTS) is 1. The van der Waals surface area contributed by atoms with Gasteiger partial charge in [0, 0.05) is 4.47 Å². The molecule has 0 aromatic heterocycles. The topological polar surface area (TPSA) is 40.5 Å². The molecule has 0 saturated carbocycles. The minimum atomic E-state index is -0.719. The molecule has 24 heavy (non-hydrogen) atoms. The highest BCUT2D eigenvalue weighted by Crippen LogP contribution is 2.36. The van der Waals surface area contributed by atoms with Crippen LogP contribution in [0.15, 0.2) is 53.0 Å². The summed E-state index contributed by atoms with van der Waals surface area (Å²) in [6.45, 7) is 2.91. The van der Waals surface area contributed by atoms with Gasteiger partial charge in [0.25, 0.3) is 0 Å². The molecule has 1 heterocycles. The van der Waals surface area contributed by atoms with Gasteiger partial charge in [-0.2, -0.15) is 0 Å². The largest absolute Gasteiger partial charge is 0.480 e. The van der Waals surface area contributed by atoms with Crippen molar-refractivity contribution < 1.29 is 9.90 Å². The Labute approximate surface area is 151 Å². The van der Waals surface area contributed by atoms with Gasteiger partial charge in [0.1, 0.15) is 6.04 Å². The van der Waals surface area contributed by atoms with E-state index in [0.29, 0.717) is 6.42 Å². The first kappa shape index (κ1) is 17.2. The van der Waals surface area contributed by atoms with E-state index >= 15 is 0 Å². The van der Waals surface area contributed by atoms with E-state index in [1.165, 1.54) is 11.1 Å². The lowest BCUT2D eigenvalue weighted by Gasteiger charge is -2.40. The molecule has 1 aliphatic heterocycles. The number of hydrogen-bond donors (Lipinski definition) is 1. The lowest BCUT2D eigenvalue weighted by atomic mass is 9.89. The van der Waals surface area contributed by atoms with Crippen molar-refractivity contribution in [2.75, 3.05) is 6.54 Å². The van der Waals surface area contributed by atoms with E-state index in [9.17, 15) is 9.90 Å². The summed E-state index contributed by atoms with van der Waals surface area (Å²) in [5, 5.41) is 9.72. The zero-order valence-electron chi connectivity index (χ0n) is 13.8. The molecule has 0 spiro atoms. The predicted octanol–water partition coefficient (Wildman–Crippen LogP) is 4.79. The van der Waals surface area contributed by atoms with Crippen LogP contribution in [0.25, 0.3) is 0 Å². The van der Waals surface area contributed by atoms with Crippen LogP contribution in [0.3, 0.4) is 0 Å². The number of aliphatic carboxylic acids is 1. The second kappa shape index (κ2) is 7.49. The molecule has 0 amide bonds. The molecular formula is C20H22BrNO2. The quantitative estimate of drug-likeness (QED) is 0.819. The van der Waals surface area contributed by atoms with Crippen molar-refractivity contribution in [2.24, 2.45) is 0 Å². The summed E-state index contributed by atoms with van der Waals surface area (Å²) in [5.41, 5.74) is 3.51. The summed E-state index contributed by atoms with van der Waals surface area (Å²) in [6.07, 6.45) is 2.73. The van der Waals surface area contributed by atoms with Crippen molar-refractivity contribution in [2.45, 2.75) is 38.3 Å². The van der Waals surface area contributed by atoms with Gasteiger partial charge in [-0.3, -0.25) is 9.69 Å². The molecule has 0 bridgehead atoms. The fourth-order valence-corrected chi connectivity index (χ4v) is 4.06. The number of carbonyl (C=O) groups is 1. The predicted molar refractivity (Wildman–Crippen MR) is 99.1 cm³/mol. The molecule has 1 fully saturated rings. The summed E-state index contributed by atoms with van der Waals surface area (Å²) in [5.74, 6) is -0.719. The summed E-state index contributed by atoms with van der Waals surface area (Å²) < 4.78 is 1.02. The van der Waals surface area contributed by atoms with Crippen molar-refractivity contribution >= 4 is 21.9 Å². The number of piperidine rings is 1. The van der Waals surface area contributed by atoms with Crippen molar-refractivity contribution in [3.63, 3.8) is 0 Å². The molecule has 126 valence electrons. The van der Waals surface area contributed by atoms with E-state index in [1.54, 1.807) is 0 Å². The van der Waals surface area contributed by atoms with Crippen LogP contribution < -0.4 is 0 Å². The second-order valence-electron chi connectivity index (χ2n) is 6.40. The Morgan fingerprint density at radius 3 is 2.71 bits per heavy atom. The van der Waals surface area contributed by atoms with E-state index in [2.05, 4.69) is 52.0 Å². The fourth-order valence-electron chi connectivity index (χ4n) is 3.65. The Bertz CT molecular complexity index is 731. The van der Waals surface area contributed by atoms with E-state index in [0.717, 1.165) is 29.4 Å². The van der Waals surface area contributed by atoms with Crippen molar-refractivity contribution in [3.8, 4) is 0 Å². The van der Waals surface area contributed by atoms with Gasteiger partial charge in [-0.15, -0.1) is 0 Å². The minimum Gasteiger partial charge on any atom is -0.480 e. The molecule has 3 nitrogen and oxygen atoms in total. The molecule has 1 saturated heterocycles. The Morgan fingerprint density at radius 2 is 2.00 bits per heavy atom. The van der Waals surface area contributed by atoms with Crippen LogP contribution in [-0.4, -0.2) is 28.6 Å². The van der Waals surface area contributed by atoms with Gasteiger partial charge in [-0.05, 0) is 55.1 Å². The van der Waals surface area contributed by atoms with Gasteiger partial charge in [0.2, 0.25) is 0 Å². The number of likely N-dealkylation sites (tertiary alicyclic amines) is 1. The maximum Gasteiger partial charge on any atom is 0.320 e. The Kier molecular flexibility index (Phi) is 5.36.